The zero-order chi connectivity index (χ0) is 10.3. The highest BCUT2D eigenvalue weighted by atomic mass is 16.1. The molecule has 0 aliphatic carbocycles. The maximum atomic E-state index is 11.3. The van der Waals surface area contributed by atoms with Gasteiger partial charge < -0.3 is 10.3 Å². The lowest BCUT2D eigenvalue weighted by Crippen LogP contribution is -2.00. The third-order valence-electron chi connectivity index (χ3n) is 2.43. The molecule has 0 saturated carbocycles. The lowest BCUT2D eigenvalue weighted by Gasteiger charge is -1.99. The Morgan fingerprint density at radius 2 is 2.07 bits per heavy atom. The first-order valence-corrected chi connectivity index (χ1v) is 4.45. The number of anilines is 1. The molecule has 3 nitrogen and oxygen atoms in total. The monoisotopic (exact) mass is 188 g/mol. The van der Waals surface area contributed by atoms with Gasteiger partial charge in [0.25, 0.3) is 0 Å². The van der Waals surface area contributed by atoms with Gasteiger partial charge in [-0.3, -0.25) is 4.79 Å². The lowest BCUT2D eigenvalue weighted by atomic mass is 10.2. The highest BCUT2D eigenvalue weighted by Crippen LogP contribution is 2.21. The smallest absolute Gasteiger partial charge is 0.176 e. The van der Waals surface area contributed by atoms with Crippen molar-refractivity contribution in [2.45, 2.75) is 6.92 Å². The fourth-order valence-electron chi connectivity index (χ4n) is 1.71. The normalized spacial score (nSPS) is 10.7. The number of carbonyl (C=O) groups excluding carboxylic acids is 1. The minimum Gasteiger partial charge on any atom is -0.399 e. The second-order valence-corrected chi connectivity index (χ2v) is 3.46. The first kappa shape index (κ1) is 8.81. The van der Waals surface area contributed by atoms with Crippen molar-refractivity contribution < 1.29 is 4.79 Å². The van der Waals surface area contributed by atoms with Crippen LogP contribution in [0.1, 0.15) is 17.4 Å². The Hall–Kier alpha value is -1.77. The highest BCUT2D eigenvalue weighted by Gasteiger charge is 2.08. The second-order valence-electron chi connectivity index (χ2n) is 3.46. The van der Waals surface area contributed by atoms with Crippen LogP contribution >= 0.6 is 0 Å². The average Bonchev–Trinajstić information content (AvgIpc) is 2.43. The van der Waals surface area contributed by atoms with Gasteiger partial charge in [0.1, 0.15) is 0 Å². The van der Waals surface area contributed by atoms with Crippen LogP contribution in [0.2, 0.25) is 0 Å². The topological polar surface area (TPSA) is 48.0 Å². The van der Waals surface area contributed by atoms with E-state index in [1.54, 1.807) is 6.92 Å². The molecule has 0 radical (unpaired) electrons. The van der Waals surface area contributed by atoms with E-state index in [1.807, 2.05) is 35.9 Å². The van der Waals surface area contributed by atoms with Gasteiger partial charge in [-0.2, -0.15) is 0 Å². The van der Waals surface area contributed by atoms with Gasteiger partial charge in [-0.05, 0) is 24.3 Å². The summed E-state index contributed by atoms with van der Waals surface area (Å²) in [5.41, 5.74) is 8.13. The summed E-state index contributed by atoms with van der Waals surface area (Å²) in [6, 6.07) is 7.51. The fourth-order valence-corrected chi connectivity index (χ4v) is 1.71. The van der Waals surface area contributed by atoms with Crippen molar-refractivity contribution in [1.29, 1.82) is 0 Å². The maximum Gasteiger partial charge on any atom is 0.176 e. The molecule has 0 aliphatic heterocycles. The third kappa shape index (κ3) is 1.18. The van der Waals surface area contributed by atoms with Crippen molar-refractivity contribution in [2.24, 2.45) is 7.05 Å². The Morgan fingerprint density at radius 1 is 1.36 bits per heavy atom. The molecule has 3 heteroatoms. The molecule has 14 heavy (non-hydrogen) atoms. The van der Waals surface area contributed by atoms with Crippen molar-refractivity contribution in [2.75, 3.05) is 5.73 Å². The number of nitrogen functional groups attached to an aromatic ring is 1. The summed E-state index contributed by atoms with van der Waals surface area (Å²) in [5.74, 6) is 0.0715. The van der Waals surface area contributed by atoms with Crippen LogP contribution in [0, 0.1) is 0 Å². The Bertz CT molecular complexity index is 511. The second kappa shape index (κ2) is 2.87. The van der Waals surface area contributed by atoms with Crippen LogP contribution in [0.3, 0.4) is 0 Å². The Kier molecular flexibility index (Phi) is 1.81. The van der Waals surface area contributed by atoms with Crippen LogP contribution in [0.25, 0.3) is 10.9 Å². The predicted molar refractivity (Wildman–Crippen MR) is 57.3 cm³/mol. The lowest BCUT2D eigenvalue weighted by molar-refractivity contribution is 0.101. The number of benzene rings is 1. The molecule has 2 N–H and O–H groups in total. The molecule has 0 aliphatic rings. The number of nitrogens with two attached hydrogens (primary N) is 1. The summed E-state index contributed by atoms with van der Waals surface area (Å²) in [6.07, 6.45) is 0. The van der Waals surface area contributed by atoms with Crippen molar-refractivity contribution in [1.82, 2.24) is 4.57 Å². The van der Waals surface area contributed by atoms with Gasteiger partial charge in [0, 0.05) is 30.6 Å². The number of ketones is 1. The number of rotatable bonds is 1. The van der Waals surface area contributed by atoms with Crippen molar-refractivity contribution in [3.05, 3.63) is 30.0 Å². The molecular formula is C11H12N2O. The van der Waals surface area contributed by atoms with Gasteiger partial charge >= 0.3 is 0 Å². The van der Waals surface area contributed by atoms with E-state index >= 15 is 0 Å². The number of hydrogen-bond donors (Lipinski definition) is 1. The molecule has 2 rings (SSSR count). The van der Waals surface area contributed by atoms with Crippen LogP contribution in [0.15, 0.2) is 24.3 Å². The summed E-state index contributed by atoms with van der Waals surface area (Å²) in [4.78, 5) is 11.3. The molecule has 0 unspecified atom stereocenters. The molecule has 0 bridgehead atoms. The zero-order valence-electron chi connectivity index (χ0n) is 8.24. The first-order valence-electron chi connectivity index (χ1n) is 4.45. The molecule has 0 atom stereocenters. The molecule has 0 saturated heterocycles. The van der Waals surface area contributed by atoms with E-state index in [-0.39, 0.29) is 5.78 Å². The summed E-state index contributed by atoms with van der Waals surface area (Å²) in [5, 5.41) is 1.01. The summed E-state index contributed by atoms with van der Waals surface area (Å²) in [6.45, 7) is 1.57. The van der Waals surface area contributed by atoms with Crippen molar-refractivity contribution >= 4 is 22.4 Å². The minimum absolute atomic E-state index is 0.0715. The zero-order valence-corrected chi connectivity index (χ0v) is 8.24. The van der Waals surface area contributed by atoms with E-state index in [4.69, 9.17) is 5.73 Å². The van der Waals surface area contributed by atoms with Gasteiger partial charge in [-0.15, -0.1) is 0 Å². The van der Waals surface area contributed by atoms with E-state index in [2.05, 4.69) is 0 Å². The number of nitrogens with zero attached hydrogens (tertiary/aromatic N) is 1. The first-order chi connectivity index (χ1) is 6.59. The Labute approximate surface area is 82.1 Å². The number of aromatic nitrogens is 1. The number of aryl methyl sites for hydroxylation is 1. The van der Waals surface area contributed by atoms with Crippen LogP contribution in [-0.2, 0) is 7.05 Å². The molecule has 0 fully saturated rings. The molecular weight excluding hydrogens is 176 g/mol. The number of fused-ring (bicyclic) bond motifs is 1. The molecule has 0 spiro atoms. The minimum atomic E-state index is 0.0715. The quantitative estimate of drug-likeness (QED) is 0.549. The summed E-state index contributed by atoms with van der Waals surface area (Å²) < 4.78 is 1.89. The van der Waals surface area contributed by atoms with E-state index in [1.165, 1.54) is 0 Å². The molecule has 72 valence electrons. The van der Waals surface area contributed by atoms with Gasteiger partial charge in [0.15, 0.2) is 5.78 Å². The standard InChI is InChI=1S/C11H12N2O/c1-7(14)11-6-8-5-9(12)3-4-10(8)13(11)2/h3-6H,12H2,1-2H3. The van der Waals surface area contributed by atoms with Crippen LogP contribution in [0.4, 0.5) is 5.69 Å². The number of carbonyl (C=O) groups is 1. The maximum absolute atomic E-state index is 11.3. The number of Topliss-reactive ketones (excluding diaryl/α,β-unsaturated/α-hetero) is 1. The molecule has 1 aromatic heterocycles. The fraction of sp³-hybridized carbons (Fsp3) is 0.182. The molecule has 0 amide bonds. The van der Waals surface area contributed by atoms with Gasteiger partial charge in [-0.1, -0.05) is 0 Å². The Morgan fingerprint density at radius 3 is 2.71 bits per heavy atom. The van der Waals surface area contributed by atoms with E-state index < -0.39 is 0 Å². The van der Waals surface area contributed by atoms with Gasteiger partial charge in [0.05, 0.1) is 5.69 Å². The van der Waals surface area contributed by atoms with E-state index in [9.17, 15) is 4.79 Å². The Balaban J connectivity index is 2.79. The van der Waals surface area contributed by atoms with Crippen molar-refractivity contribution in [3.8, 4) is 0 Å². The summed E-state index contributed by atoms with van der Waals surface area (Å²) in [7, 11) is 1.88. The third-order valence-corrected chi connectivity index (χ3v) is 2.43. The average molecular weight is 188 g/mol. The van der Waals surface area contributed by atoms with Crippen LogP contribution < -0.4 is 5.73 Å². The SMILES string of the molecule is CC(=O)c1cc2cc(N)ccc2n1C. The molecule has 1 aromatic carbocycles. The van der Waals surface area contributed by atoms with Gasteiger partial charge in [0.2, 0.25) is 0 Å². The summed E-state index contributed by atoms with van der Waals surface area (Å²) >= 11 is 0. The van der Waals surface area contributed by atoms with Crippen LogP contribution in [0.5, 0.6) is 0 Å². The van der Waals surface area contributed by atoms with Crippen molar-refractivity contribution in [3.63, 3.8) is 0 Å². The highest BCUT2D eigenvalue weighted by molar-refractivity contribution is 5.99. The number of hydrogen-bond acceptors (Lipinski definition) is 2. The molecule has 1 heterocycles. The van der Waals surface area contributed by atoms with E-state index in [0.717, 1.165) is 16.6 Å². The predicted octanol–water partition coefficient (Wildman–Crippen LogP) is 1.96. The van der Waals surface area contributed by atoms with Gasteiger partial charge in [-0.25, -0.2) is 0 Å². The molecule has 2 aromatic rings. The van der Waals surface area contributed by atoms with Crippen LogP contribution in [-0.4, -0.2) is 10.4 Å². The van der Waals surface area contributed by atoms with E-state index in [0.29, 0.717) is 5.69 Å². The largest absolute Gasteiger partial charge is 0.399 e.